The van der Waals surface area contributed by atoms with E-state index in [2.05, 4.69) is 39.0 Å². The van der Waals surface area contributed by atoms with Crippen molar-refractivity contribution < 1.29 is 9.59 Å². The first-order chi connectivity index (χ1) is 15.7. The summed E-state index contributed by atoms with van der Waals surface area (Å²) in [6.07, 6.45) is 4.22. The highest BCUT2D eigenvalue weighted by molar-refractivity contribution is 5.99. The van der Waals surface area contributed by atoms with Crippen molar-refractivity contribution in [2.75, 3.05) is 11.9 Å². The van der Waals surface area contributed by atoms with Gasteiger partial charge in [-0.15, -0.1) is 5.10 Å². The molecule has 0 aliphatic carbocycles. The molecule has 1 unspecified atom stereocenters. The highest BCUT2D eigenvalue weighted by Crippen LogP contribution is 2.26. The monoisotopic (exact) mass is 425 g/mol. The molecule has 0 spiro atoms. The number of carbonyl (C=O) groups excluding carboxylic acids is 2. The minimum absolute atomic E-state index is 0.0563. The molecule has 0 radical (unpaired) electrons. The molecule has 3 heterocycles. The van der Waals surface area contributed by atoms with Gasteiger partial charge in [-0.1, -0.05) is 42.5 Å². The largest absolute Gasteiger partial charge is 0.322 e. The predicted octanol–water partition coefficient (Wildman–Crippen LogP) is 3.65. The van der Waals surface area contributed by atoms with Crippen LogP contribution in [-0.4, -0.2) is 39.5 Å². The Bertz CT molecular complexity index is 1150. The molecule has 2 aromatic carbocycles. The topological polar surface area (TPSA) is 87.2 Å². The van der Waals surface area contributed by atoms with E-state index in [0.717, 1.165) is 16.8 Å². The lowest BCUT2D eigenvalue weighted by atomic mass is 9.92. The number of hydrogen-bond donors (Lipinski definition) is 2. The molecule has 0 saturated carbocycles. The van der Waals surface area contributed by atoms with Gasteiger partial charge in [0.1, 0.15) is 5.69 Å². The summed E-state index contributed by atoms with van der Waals surface area (Å²) in [5, 5.41) is 14.0. The molecule has 3 aromatic rings. The number of amides is 2. The fourth-order valence-corrected chi connectivity index (χ4v) is 4.18. The van der Waals surface area contributed by atoms with Gasteiger partial charge in [0.2, 0.25) is 0 Å². The Labute approximate surface area is 186 Å². The number of hydrogen-bond acceptors (Lipinski definition) is 5. The van der Waals surface area contributed by atoms with Crippen molar-refractivity contribution in [2.24, 2.45) is 0 Å². The highest BCUT2D eigenvalue weighted by Gasteiger charge is 2.25. The van der Waals surface area contributed by atoms with Crippen LogP contribution in [0.1, 0.15) is 33.6 Å². The number of anilines is 1. The van der Waals surface area contributed by atoms with Crippen LogP contribution in [0.15, 0.2) is 72.9 Å². The summed E-state index contributed by atoms with van der Waals surface area (Å²) in [5.74, 6) is -0.0563. The number of Topliss-reactive ketones (excluding diaryl/α,β-unsaturated/α-hetero) is 1. The van der Waals surface area contributed by atoms with Crippen LogP contribution >= 0.6 is 0 Å². The Kier molecular flexibility index (Phi) is 5.47. The van der Waals surface area contributed by atoms with Crippen molar-refractivity contribution in [1.29, 1.82) is 0 Å². The molecule has 0 saturated heterocycles. The zero-order valence-electron chi connectivity index (χ0n) is 17.5. The van der Waals surface area contributed by atoms with E-state index in [-0.39, 0.29) is 17.9 Å². The van der Waals surface area contributed by atoms with E-state index in [0.29, 0.717) is 31.7 Å². The quantitative estimate of drug-likeness (QED) is 0.623. The number of rotatable bonds is 4. The minimum atomic E-state index is -0.331. The maximum Gasteiger partial charge on any atom is 0.322 e. The van der Waals surface area contributed by atoms with Gasteiger partial charge in [0, 0.05) is 31.5 Å². The fraction of sp³-hybridized carbons (Fsp3) is 0.200. The normalized spacial score (nSPS) is 17.4. The van der Waals surface area contributed by atoms with Gasteiger partial charge in [-0.05, 0) is 52.9 Å². The summed E-state index contributed by atoms with van der Waals surface area (Å²) < 4.78 is 0. The number of benzene rings is 2. The van der Waals surface area contributed by atoms with Crippen LogP contribution < -0.4 is 10.6 Å². The second-order valence-electron chi connectivity index (χ2n) is 8.00. The molecule has 32 heavy (non-hydrogen) atoms. The average Bonchev–Trinajstić information content (AvgIpc) is 3.29. The lowest BCUT2D eigenvalue weighted by molar-refractivity contribution is 0.0939. The van der Waals surface area contributed by atoms with E-state index in [1.54, 1.807) is 23.2 Å². The predicted molar refractivity (Wildman–Crippen MR) is 122 cm³/mol. The summed E-state index contributed by atoms with van der Waals surface area (Å²) in [7, 11) is 0. The number of nitrogens with zero attached hydrogens (tertiary/aromatic N) is 3. The molecule has 0 bridgehead atoms. The molecule has 2 amide bonds. The van der Waals surface area contributed by atoms with Crippen LogP contribution in [0.3, 0.4) is 0 Å². The van der Waals surface area contributed by atoms with Gasteiger partial charge in [-0.2, -0.15) is 5.10 Å². The number of aromatic nitrogens is 2. The van der Waals surface area contributed by atoms with Gasteiger partial charge >= 0.3 is 6.03 Å². The molecule has 7 nitrogen and oxygen atoms in total. The molecular weight excluding hydrogens is 402 g/mol. The van der Waals surface area contributed by atoms with E-state index in [4.69, 9.17) is 0 Å². The van der Waals surface area contributed by atoms with E-state index in [1.165, 1.54) is 11.1 Å². The molecule has 160 valence electrons. The molecular formula is C25H23N5O2. The van der Waals surface area contributed by atoms with Gasteiger partial charge in [0.15, 0.2) is 5.78 Å². The maximum absolute atomic E-state index is 12.7. The lowest BCUT2D eigenvalue weighted by Crippen LogP contribution is -2.40. The van der Waals surface area contributed by atoms with Crippen molar-refractivity contribution >= 4 is 23.1 Å². The molecule has 2 aliphatic heterocycles. The van der Waals surface area contributed by atoms with Crippen molar-refractivity contribution in [3.8, 4) is 0 Å². The number of urea groups is 1. The Balaban J connectivity index is 1.22. The number of nitrogens with one attached hydrogen (secondary N) is 2. The van der Waals surface area contributed by atoms with Gasteiger partial charge in [0.25, 0.3) is 0 Å². The van der Waals surface area contributed by atoms with Crippen LogP contribution in [0, 0.1) is 0 Å². The highest BCUT2D eigenvalue weighted by atomic mass is 16.2. The first-order valence-electron chi connectivity index (χ1n) is 10.6. The summed E-state index contributed by atoms with van der Waals surface area (Å²) in [6.45, 7) is 1.86. The van der Waals surface area contributed by atoms with Gasteiger partial charge in [-0.25, -0.2) is 4.79 Å². The summed E-state index contributed by atoms with van der Waals surface area (Å²) in [5.41, 5.74) is 5.64. The fourth-order valence-electron chi connectivity index (χ4n) is 4.18. The van der Waals surface area contributed by atoms with Crippen LogP contribution in [0.4, 0.5) is 10.5 Å². The Morgan fingerprint density at radius 3 is 2.41 bits per heavy atom. The molecule has 5 rings (SSSR count). The number of ketones is 1. The first-order valence-corrected chi connectivity index (χ1v) is 10.6. The first kappa shape index (κ1) is 20.1. The molecule has 1 atom stereocenters. The molecule has 1 aromatic heterocycles. The van der Waals surface area contributed by atoms with Crippen LogP contribution in [0.2, 0.25) is 0 Å². The zero-order chi connectivity index (χ0) is 21.9. The Hall–Kier alpha value is -3.84. The summed E-state index contributed by atoms with van der Waals surface area (Å²) in [6, 6.07) is 18.9. The lowest BCUT2D eigenvalue weighted by Gasteiger charge is -2.23. The van der Waals surface area contributed by atoms with Crippen LogP contribution in [0.25, 0.3) is 5.57 Å². The SMILES string of the molecule is O=C(c1cccnn1)C1CC(c2ccc(NC(=O)N3Cc4ccccc4C3)cc2)=CCN1. The molecule has 0 fully saturated rings. The van der Waals surface area contributed by atoms with Crippen LogP contribution in [0.5, 0.6) is 0 Å². The van der Waals surface area contributed by atoms with Gasteiger partial charge < -0.3 is 15.5 Å². The second kappa shape index (κ2) is 8.72. The van der Waals surface area contributed by atoms with Crippen molar-refractivity contribution in [3.05, 3.63) is 95.3 Å². The van der Waals surface area contributed by atoms with Crippen LogP contribution in [-0.2, 0) is 13.1 Å². The molecule has 2 N–H and O–H groups in total. The Morgan fingerprint density at radius 2 is 1.72 bits per heavy atom. The smallest absolute Gasteiger partial charge is 0.316 e. The minimum Gasteiger partial charge on any atom is -0.316 e. The summed E-state index contributed by atoms with van der Waals surface area (Å²) in [4.78, 5) is 27.2. The average molecular weight is 425 g/mol. The Morgan fingerprint density at radius 1 is 0.969 bits per heavy atom. The summed E-state index contributed by atoms with van der Waals surface area (Å²) >= 11 is 0. The van der Waals surface area contributed by atoms with E-state index in [1.807, 2.05) is 36.4 Å². The van der Waals surface area contributed by atoms with Crippen molar-refractivity contribution in [2.45, 2.75) is 25.6 Å². The third-order valence-corrected chi connectivity index (χ3v) is 5.91. The molecule has 2 aliphatic rings. The van der Waals surface area contributed by atoms with Gasteiger partial charge in [-0.3, -0.25) is 4.79 Å². The number of fused-ring (bicyclic) bond motifs is 1. The third-order valence-electron chi connectivity index (χ3n) is 5.91. The third kappa shape index (κ3) is 4.15. The second-order valence-corrected chi connectivity index (χ2v) is 8.00. The number of carbonyl (C=O) groups is 2. The van der Waals surface area contributed by atoms with E-state index >= 15 is 0 Å². The maximum atomic E-state index is 12.7. The van der Waals surface area contributed by atoms with Gasteiger partial charge in [0.05, 0.1) is 6.04 Å². The van der Waals surface area contributed by atoms with Crippen molar-refractivity contribution in [3.63, 3.8) is 0 Å². The standard InChI is InChI=1S/C25H23N5O2/c31-24(22-6-3-12-27-29-22)23-14-18(11-13-26-23)17-7-9-21(10-8-17)28-25(32)30-15-19-4-1-2-5-20(19)16-30/h1-12,23,26H,13-16H2,(H,28,32). The molecule has 7 heteroatoms. The van der Waals surface area contributed by atoms with E-state index in [9.17, 15) is 9.59 Å². The zero-order valence-corrected chi connectivity index (χ0v) is 17.5. The van der Waals surface area contributed by atoms with Crippen molar-refractivity contribution in [1.82, 2.24) is 20.4 Å². The van der Waals surface area contributed by atoms with E-state index < -0.39 is 0 Å².